The fraction of sp³-hybridized carbons (Fsp3) is 0.417. The molecule has 2 aliphatic rings. The number of carbonyl (C=O) groups is 2. The molecule has 1 saturated carbocycles. The molecule has 1 aliphatic heterocycles. The minimum Gasteiger partial charge on any atom is -0.342 e. The Morgan fingerprint density at radius 3 is 2.54 bits per heavy atom. The fourth-order valence-corrected chi connectivity index (χ4v) is 4.54. The van der Waals surface area contributed by atoms with E-state index in [0.29, 0.717) is 15.8 Å². The molecule has 2 unspecified atom stereocenters. The standard InChI is InChI=1S/C24H23F4N7O2/c25-15-10-18(34(11-15)19(36)12-35-23(21(26)27)31-32-33-35)24(37)30-20(14-4-2-1-3-5-14)17-9-8-16(13-6-7-13)22(28)29-17/h1-5,8-9,13,15,18,20-21H,6-7,10-12H2,(H,30,37)/t15?,18?,20-/m0/s1. The number of tetrazole rings is 1. The van der Waals surface area contributed by atoms with Gasteiger partial charge in [-0.2, -0.15) is 4.39 Å². The molecule has 2 aromatic heterocycles. The Bertz CT molecular complexity index is 1290. The van der Waals surface area contributed by atoms with Crippen LogP contribution in [-0.2, 0) is 16.1 Å². The number of carbonyl (C=O) groups excluding carboxylic acids is 2. The number of benzene rings is 1. The predicted octanol–water partition coefficient (Wildman–Crippen LogP) is 2.87. The Morgan fingerprint density at radius 1 is 1.11 bits per heavy atom. The van der Waals surface area contributed by atoms with Gasteiger partial charge in [-0.15, -0.1) is 5.10 Å². The zero-order chi connectivity index (χ0) is 26.1. The first-order chi connectivity index (χ1) is 17.8. The van der Waals surface area contributed by atoms with E-state index in [-0.39, 0.29) is 24.6 Å². The first-order valence-corrected chi connectivity index (χ1v) is 11.8. The number of hydrogen-bond donors (Lipinski definition) is 1. The van der Waals surface area contributed by atoms with Crippen LogP contribution in [0.15, 0.2) is 42.5 Å². The van der Waals surface area contributed by atoms with Gasteiger partial charge in [0.2, 0.25) is 23.6 Å². The highest BCUT2D eigenvalue weighted by molar-refractivity contribution is 5.88. The van der Waals surface area contributed by atoms with Gasteiger partial charge in [-0.25, -0.2) is 22.8 Å². The van der Waals surface area contributed by atoms with Crippen LogP contribution in [0.1, 0.15) is 60.3 Å². The summed E-state index contributed by atoms with van der Waals surface area (Å²) >= 11 is 0. The van der Waals surface area contributed by atoms with E-state index >= 15 is 0 Å². The molecule has 1 aromatic carbocycles. The average molecular weight is 517 g/mol. The third-order valence-electron chi connectivity index (χ3n) is 6.54. The summed E-state index contributed by atoms with van der Waals surface area (Å²) in [5.74, 6) is -2.73. The molecule has 9 nitrogen and oxygen atoms in total. The number of hydrogen-bond acceptors (Lipinski definition) is 6. The molecule has 3 atom stereocenters. The molecule has 2 amide bonds. The maximum absolute atomic E-state index is 14.7. The smallest absolute Gasteiger partial charge is 0.298 e. The van der Waals surface area contributed by atoms with Gasteiger partial charge in [0.05, 0.1) is 18.3 Å². The van der Waals surface area contributed by atoms with E-state index in [4.69, 9.17) is 0 Å². The lowest BCUT2D eigenvalue weighted by Crippen LogP contribution is -2.48. The molecule has 0 radical (unpaired) electrons. The van der Waals surface area contributed by atoms with Gasteiger partial charge in [-0.05, 0) is 40.8 Å². The Balaban J connectivity index is 1.37. The van der Waals surface area contributed by atoms with Gasteiger partial charge in [0.25, 0.3) is 6.43 Å². The lowest BCUT2D eigenvalue weighted by Gasteiger charge is -2.26. The second-order valence-electron chi connectivity index (χ2n) is 9.13. The molecule has 1 N–H and O–H groups in total. The number of amides is 2. The predicted molar refractivity (Wildman–Crippen MR) is 120 cm³/mol. The van der Waals surface area contributed by atoms with Crippen molar-refractivity contribution >= 4 is 11.8 Å². The topological polar surface area (TPSA) is 106 Å². The van der Waals surface area contributed by atoms with Crippen LogP contribution in [0, 0.1) is 5.95 Å². The fourth-order valence-electron chi connectivity index (χ4n) is 4.54. The van der Waals surface area contributed by atoms with Gasteiger partial charge >= 0.3 is 0 Å². The van der Waals surface area contributed by atoms with Crippen LogP contribution in [-0.4, -0.2) is 60.7 Å². The van der Waals surface area contributed by atoms with Crippen LogP contribution in [0.25, 0.3) is 0 Å². The second kappa shape index (κ2) is 10.2. The quantitative estimate of drug-likeness (QED) is 0.364. The summed E-state index contributed by atoms with van der Waals surface area (Å²) in [4.78, 5) is 31.3. The van der Waals surface area contributed by atoms with E-state index in [1.165, 1.54) is 0 Å². The molecule has 2 fully saturated rings. The highest BCUT2D eigenvalue weighted by Gasteiger charge is 2.41. The van der Waals surface area contributed by atoms with Crippen molar-refractivity contribution in [3.63, 3.8) is 0 Å². The van der Waals surface area contributed by atoms with Crippen LogP contribution >= 0.6 is 0 Å². The highest BCUT2D eigenvalue weighted by Crippen LogP contribution is 2.41. The van der Waals surface area contributed by atoms with Crippen molar-refractivity contribution in [1.29, 1.82) is 0 Å². The van der Waals surface area contributed by atoms with E-state index in [2.05, 4.69) is 25.8 Å². The molecule has 3 aromatic rings. The van der Waals surface area contributed by atoms with Crippen molar-refractivity contribution in [3.8, 4) is 0 Å². The van der Waals surface area contributed by atoms with Crippen LogP contribution in [0.4, 0.5) is 17.6 Å². The number of nitrogens with one attached hydrogen (secondary N) is 1. The molecule has 5 rings (SSSR count). The summed E-state index contributed by atoms with van der Waals surface area (Å²) in [6.07, 6.45) is -2.99. The third-order valence-corrected chi connectivity index (χ3v) is 6.54. The lowest BCUT2D eigenvalue weighted by molar-refractivity contribution is -0.139. The van der Waals surface area contributed by atoms with E-state index < -0.39 is 54.8 Å². The normalized spacial score (nSPS) is 20.3. The van der Waals surface area contributed by atoms with Crippen LogP contribution in [0.3, 0.4) is 0 Å². The Morgan fingerprint density at radius 2 is 1.86 bits per heavy atom. The van der Waals surface area contributed by atoms with Crippen molar-refractivity contribution in [2.24, 2.45) is 0 Å². The number of rotatable bonds is 8. The molecule has 13 heteroatoms. The van der Waals surface area contributed by atoms with E-state index in [9.17, 15) is 27.2 Å². The summed E-state index contributed by atoms with van der Waals surface area (Å²) in [6, 6.07) is 9.98. The van der Waals surface area contributed by atoms with Crippen LogP contribution in [0.2, 0.25) is 0 Å². The van der Waals surface area contributed by atoms with Crippen LogP contribution < -0.4 is 5.32 Å². The third kappa shape index (κ3) is 5.30. The number of likely N-dealkylation sites (tertiary alicyclic amines) is 1. The maximum Gasteiger partial charge on any atom is 0.298 e. The molecular weight excluding hydrogens is 494 g/mol. The zero-order valence-electron chi connectivity index (χ0n) is 19.5. The van der Waals surface area contributed by atoms with Gasteiger partial charge in [-0.1, -0.05) is 36.4 Å². The summed E-state index contributed by atoms with van der Waals surface area (Å²) in [5, 5.41) is 12.5. The first-order valence-electron chi connectivity index (χ1n) is 11.8. The van der Waals surface area contributed by atoms with Crippen LogP contribution in [0.5, 0.6) is 0 Å². The minimum atomic E-state index is -3.01. The van der Waals surface area contributed by atoms with E-state index in [1.807, 2.05) is 0 Å². The van der Waals surface area contributed by atoms with Gasteiger partial charge in [0.15, 0.2) is 0 Å². The molecule has 3 heterocycles. The van der Waals surface area contributed by atoms with Gasteiger partial charge in [0, 0.05) is 12.0 Å². The molecular formula is C24H23F4N7O2. The Kier molecular flexibility index (Phi) is 6.85. The average Bonchev–Trinajstić information content (AvgIpc) is 3.48. The summed E-state index contributed by atoms with van der Waals surface area (Å²) in [5.41, 5.74) is 1.40. The second-order valence-corrected chi connectivity index (χ2v) is 9.13. The van der Waals surface area contributed by atoms with Crippen molar-refractivity contribution in [2.75, 3.05) is 6.54 Å². The Labute approximate surface area is 208 Å². The van der Waals surface area contributed by atoms with Gasteiger partial charge in [-0.3, -0.25) is 9.59 Å². The molecule has 37 heavy (non-hydrogen) atoms. The van der Waals surface area contributed by atoms with Gasteiger partial charge < -0.3 is 10.2 Å². The largest absolute Gasteiger partial charge is 0.342 e. The number of nitrogens with zero attached hydrogens (tertiary/aromatic N) is 6. The summed E-state index contributed by atoms with van der Waals surface area (Å²) in [6.45, 7) is -1.07. The number of aromatic nitrogens is 5. The molecule has 0 bridgehead atoms. The van der Waals surface area contributed by atoms with Crippen molar-refractivity contribution in [1.82, 2.24) is 35.4 Å². The van der Waals surface area contributed by atoms with Crippen molar-refractivity contribution in [2.45, 2.75) is 56.4 Å². The van der Waals surface area contributed by atoms with Crippen molar-refractivity contribution < 1.29 is 27.2 Å². The Hall–Kier alpha value is -3.90. The monoisotopic (exact) mass is 517 g/mol. The number of alkyl halides is 3. The zero-order valence-corrected chi connectivity index (χ0v) is 19.5. The maximum atomic E-state index is 14.7. The molecule has 194 valence electrons. The lowest BCUT2D eigenvalue weighted by atomic mass is 10.0. The van der Waals surface area contributed by atoms with Gasteiger partial charge in [0.1, 0.15) is 18.8 Å². The number of pyridine rings is 1. The SMILES string of the molecule is O=C(N[C@@H](c1ccccc1)c1ccc(C2CC2)c(F)n1)C1CC(F)CN1C(=O)Cn1nnnc1C(F)F. The molecule has 1 aliphatic carbocycles. The molecule has 0 spiro atoms. The number of halogens is 4. The molecule has 1 saturated heterocycles. The van der Waals surface area contributed by atoms with Crippen molar-refractivity contribution in [3.05, 3.63) is 71.1 Å². The van der Waals surface area contributed by atoms with E-state index in [0.717, 1.165) is 17.7 Å². The summed E-state index contributed by atoms with van der Waals surface area (Å²) < 4.78 is 55.9. The highest BCUT2D eigenvalue weighted by atomic mass is 19.3. The minimum absolute atomic E-state index is 0.150. The van der Waals surface area contributed by atoms with E-state index in [1.54, 1.807) is 42.5 Å². The first kappa shape index (κ1) is 24.8. The summed E-state index contributed by atoms with van der Waals surface area (Å²) in [7, 11) is 0.